The number of hydrogen-bond acceptors (Lipinski definition) is 6. The molecule has 0 fully saturated rings. The summed E-state index contributed by atoms with van der Waals surface area (Å²) < 4.78 is 5.15. The summed E-state index contributed by atoms with van der Waals surface area (Å²) in [6.45, 7) is 0.695. The van der Waals surface area contributed by atoms with Gasteiger partial charge >= 0.3 is 0 Å². The molecule has 0 saturated carbocycles. The zero-order chi connectivity index (χ0) is 17.6. The number of halogens is 1. The lowest BCUT2D eigenvalue weighted by Crippen LogP contribution is -2.19. The first-order chi connectivity index (χ1) is 12.2. The summed E-state index contributed by atoms with van der Waals surface area (Å²) in [7, 11) is 3.51. The van der Waals surface area contributed by atoms with Gasteiger partial charge in [-0.25, -0.2) is 0 Å². The first-order valence-electron chi connectivity index (χ1n) is 7.71. The third kappa shape index (κ3) is 4.36. The standard InChI is InChI=1S/C18H18ClN5O/c1-24(12-13-6-4-3-5-7-13)18-22-17(11-20-23-18)21-14-8-9-16(25-2)15(19)10-14/h3-11H,12H2,1-2H3,(H,21,22,23). The van der Waals surface area contributed by atoms with Gasteiger partial charge in [-0.05, 0) is 23.8 Å². The van der Waals surface area contributed by atoms with Crippen LogP contribution in [0.5, 0.6) is 5.75 Å². The van der Waals surface area contributed by atoms with Crippen LogP contribution in [0.3, 0.4) is 0 Å². The van der Waals surface area contributed by atoms with Crippen LogP contribution in [0, 0.1) is 0 Å². The van der Waals surface area contributed by atoms with E-state index in [-0.39, 0.29) is 0 Å². The first kappa shape index (κ1) is 17.0. The highest BCUT2D eigenvalue weighted by molar-refractivity contribution is 6.32. The molecule has 0 radical (unpaired) electrons. The molecule has 0 aliphatic carbocycles. The molecule has 7 heteroatoms. The lowest BCUT2D eigenvalue weighted by molar-refractivity contribution is 0.415. The molecule has 1 N–H and O–H groups in total. The number of nitrogens with zero attached hydrogens (tertiary/aromatic N) is 4. The van der Waals surface area contributed by atoms with Crippen LogP contribution < -0.4 is 15.0 Å². The summed E-state index contributed by atoms with van der Waals surface area (Å²) in [6, 6.07) is 15.6. The van der Waals surface area contributed by atoms with Crippen molar-refractivity contribution in [2.75, 3.05) is 24.4 Å². The van der Waals surface area contributed by atoms with E-state index in [9.17, 15) is 0 Å². The van der Waals surface area contributed by atoms with Crippen LogP contribution in [0.25, 0.3) is 0 Å². The monoisotopic (exact) mass is 355 g/mol. The molecule has 0 saturated heterocycles. The van der Waals surface area contributed by atoms with E-state index in [1.54, 1.807) is 25.4 Å². The summed E-state index contributed by atoms with van der Waals surface area (Å²) in [6.07, 6.45) is 1.57. The third-order valence-electron chi connectivity index (χ3n) is 3.58. The van der Waals surface area contributed by atoms with Crippen molar-refractivity contribution in [3.05, 3.63) is 65.3 Å². The number of ether oxygens (including phenoxy) is 1. The number of nitrogens with one attached hydrogen (secondary N) is 1. The Kier molecular flexibility index (Phi) is 5.30. The second kappa shape index (κ2) is 7.81. The van der Waals surface area contributed by atoms with Gasteiger partial charge in [-0.1, -0.05) is 41.9 Å². The maximum Gasteiger partial charge on any atom is 0.247 e. The minimum absolute atomic E-state index is 0.524. The van der Waals surface area contributed by atoms with Gasteiger partial charge in [0.15, 0.2) is 5.82 Å². The van der Waals surface area contributed by atoms with Crippen LogP contribution in [0.2, 0.25) is 5.02 Å². The van der Waals surface area contributed by atoms with E-state index in [1.165, 1.54) is 5.56 Å². The van der Waals surface area contributed by atoms with E-state index in [4.69, 9.17) is 16.3 Å². The van der Waals surface area contributed by atoms with Crippen molar-refractivity contribution >= 4 is 29.1 Å². The summed E-state index contributed by atoms with van der Waals surface area (Å²) in [5.41, 5.74) is 1.97. The summed E-state index contributed by atoms with van der Waals surface area (Å²) >= 11 is 6.15. The minimum Gasteiger partial charge on any atom is -0.495 e. The molecule has 1 heterocycles. The van der Waals surface area contributed by atoms with Gasteiger partial charge in [-0.3, -0.25) is 0 Å². The van der Waals surface area contributed by atoms with Gasteiger partial charge in [0.05, 0.1) is 18.3 Å². The van der Waals surface area contributed by atoms with Gasteiger partial charge in [-0.15, -0.1) is 5.10 Å². The number of aromatic nitrogens is 3. The quantitative estimate of drug-likeness (QED) is 0.723. The smallest absolute Gasteiger partial charge is 0.247 e. The van der Waals surface area contributed by atoms with Gasteiger partial charge in [0.2, 0.25) is 5.95 Å². The molecule has 0 aliphatic heterocycles. The Balaban J connectivity index is 1.74. The molecule has 0 amide bonds. The zero-order valence-electron chi connectivity index (χ0n) is 14.0. The lowest BCUT2D eigenvalue weighted by Gasteiger charge is -2.17. The third-order valence-corrected chi connectivity index (χ3v) is 3.87. The molecule has 1 aromatic heterocycles. The van der Waals surface area contributed by atoms with E-state index < -0.39 is 0 Å². The van der Waals surface area contributed by atoms with Crippen molar-refractivity contribution in [2.45, 2.75) is 6.54 Å². The second-order valence-electron chi connectivity index (χ2n) is 5.46. The van der Waals surface area contributed by atoms with Gasteiger partial charge in [0.1, 0.15) is 5.75 Å². The topological polar surface area (TPSA) is 63.2 Å². The number of anilines is 3. The van der Waals surface area contributed by atoms with Gasteiger partial charge in [0.25, 0.3) is 0 Å². The highest BCUT2D eigenvalue weighted by Gasteiger charge is 2.08. The van der Waals surface area contributed by atoms with Gasteiger partial charge in [0, 0.05) is 19.3 Å². The largest absolute Gasteiger partial charge is 0.495 e. The van der Waals surface area contributed by atoms with Crippen molar-refractivity contribution in [1.29, 1.82) is 0 Å². The number of benzene rings is 2. The molecule has 128 valence electrons. The van der Waals surface area contributed by atoms with Crippen LogP contribution in [0.15, 0.2) is 54.7 Å². The second-order valence-corrected chi connectivity index (χ2v) is 5.86. The molecule has 0 atom stereocenters. The van der Waals surface area contributed by atoms with Gasteiger partial charge < -0.3 is 15.0 Å². The van der Waals surface area contributed by atoms with E-state index in [0.717, 1.165) is 5.69 Å². The summed E-state index contributed by atoms with van der Waals surface area (Å²) in [4.78, 5) is 6.44. The fourth-order valence-corrected chi connectivity index (χ4v) is 2.59. The highest BCUT2D eigenvalue weighted by atomic mass is 35.5. The van der Waals surface area contributed by atoms with E-state index in [1.807, 2.05) is 36.2 Å². The van der Waals surface area contributed by atoms with Crippen LogP contribution in [-0.2, 0) is 6.54 Å². The summed E-state index contributed by atoms with van der Waals surface area (Å²) in [5.74, 6) is 1.75. The normalized spacial score (nSPS) is 10.4. The Morgan fingerprint density at radius 3 is 2.68 bits per heavy atom. The molecule has 0 aliphatic rings. The van der Waals surface area contributed by atoms with Crippen molar-refractivity contribution in [2.24, 2.45) is 0 Å². The van der Waals surface area contributed by atoms with E-state index in [2.05, 4.69) is 32.6 Å². The Morgan fingerprint density at radius 2 is 1.96 bits per heavy atom. The Bertz CT molecular complexity index is 844. The van der Waals surface area contributed by atoms with Crippen molar-refractivity contribution in [3.8, 4) is 5.75 Å². The van der Waals surface area contributed by atoms with Crippen molar-refractivity contribution in [1.82, 2.24) is 15.2 Å². The molecule has 0 spiro atoms. The molecular weight excluding hydrogens is 338 g/mol. The average Bonchev–Trinajstić information content (AvgIpc) is 2.63. The maximum absolute atomic E-state index is 6.15. The Hall–Kier alpha value is -2.86. The predicted molar refractivity (Wildman–Crippen MR) is 99.7 cm³/mol. The Morgan fingerprint density at radius 1 is 1.16 bits per heavy atom. The molecule has 25 heavy (non-hydrogen) atoms. The number of hydrogen-bond donors (Lipinski definition) is 1. The fraction of sp³-hybridized carbons (Fsp3) is 0.167. The Labute approximate surface area is 151 Å². The molecule has 0 unspecified atom stereocenters. The molecular formula is C18H18ClN5O. The predicted octanol–water partition coefficient (Wildman–Crippen LogP) is 3.91. The van der Waals surface area contributed by atoms with Gasteiger partial charge in [-0.2, -0.15) is 10.1 Å². The first-order valence-corrected chi connectivity index (χ1v) is 8.09. The molecule has 2 aromatic carbocycles. The van der Waals surface area contributed by atoms with Crippen LogP contribution >= 0.6 is 11.6 Å². The molecule has 0 bridgehead atoms. The van der Waals surface area contributed by atoms with Crippen molar-refractivity contribution in [3.63, 3.8) is 0 Å². The maximum atomic E-state index is 6.15. The highest BCUT2D eigenvalue weighted by Crippen LogP contribution is 2.28. The number of rotatable bonds is 6. The van der Waals surface area contributed by atoms with E-state index in [0.29, 0.717) is 29.1 Å². The minimum atomic E-state index is 0.524. The van der Waals surface area contributed by atoms with Crippen LogP contribution in [0.1, 0.15) is 5.56 Å². The molecule has 6 nitrogen and oxygen atoms in total. The molecule has 3 aromatic rings. The fourth-order valence-electron chi connectivity index (χ4n) is 2.34. The lowest BCUT2D eigenvalue weighted by atomic mass is 10.2. The van der Waals surface area contributed by atoms with Crippen LogP contribution in [0.4, 0.5) is 17.5 Å². The SMILES string of the molecule is COc1ccc(Nc2cnnc(N(C)Cc3ccccc3)n2)cc1Cl. The van der Waals surface area contributed by atoms with Crippen molar-refractivity contribution < 1.29 is 4.74 Å². The zero-order valence-corrected chi connectivity index (χ0v) is 14.7. The van der Waals surface area contributed by atoms with E-state index >= 15 is 0 Å². The average molecular weight is 356 g/mol. The molecule has 3 rings (SSSR count). The van der Waals surface area contributed by atoms with Crippen LogP contribution in [-0.4, -0.2) is 29.3 Å². The number of methoxy groups -OCH3 is 1. The summed E-state index contributed by atoms with van der Waals surface area (Å²) in [5, 5.41) is 11.8.